The number of aliphatic imine (C=N–C) groups is 1. The standard InChI is InChI=1S/C15H15N3O4/c1-2-22-13(20)8-11-14(21)17(10-6-4-3-5-7-10)15-16-9-12(19)18(11)15/h3-7,11H,2,8-9H2,1H3. The molecule has 7 nitrogen and oxygen atoms in total. The third-order valence-electron chi connectivity index (χ3n) is 3.54. The minimum absolute atomic E-state index is 0.00866. The molecule has 22 heavy (non-hydrogen) atoms. The largest absolute Gasteiger partial charge is 0.466 e. The lowest BCUT2D eigenvalue weighted by atomic mass is 10.1. The van der Waals surface area contributed by atoms with Crippen molar-refractivity contribution >= 4 is 29.4 Å². The SMILES string of the molecule is CCOC(=O)CC1C(=O)N(c2ccccc2)C2=NCC(=O)N21. The number of nitrogens with zero attached hydrogens (tertiary/aromatic N) is 3. The molecule has 0 spiro atoms. The molecule has 1 aromatic carbocycles. The van der Waals surface area contributed by atoms with Gasteiger partial charge in [-0.15, -0.1) is 0 Å². The van der Waals surface area contributed by atoms with Gasteiger partial charge in [0.1, 0.15) is 12.6 Å². The monoisotopic (exact) mass is 301 g/mol. The Bertz CT molecular complexity index is 656. The van der Waals surface area contributed by atoms with Crippen molar-refractivity contribution in [2.75, 3.05) is 18.1 Å². The molecule has 114 valence electrons. The van der Waals surface area contributed by atoms with E-state index in [1.54, 1.807) is 31.2 Å². The van der Waals surface area contributed by atoms with Crippen molar-refractivity contribution in [1.29, 1.82) is 0 Å². The van der Waals surface area contributed by atoms with Gasteiger partial charge in [0.25, 0.3) is 11.8 Å². The highest BCUT2D eigenvalue weighted by atomic mass is 16.5. The number of guanidine groups is 1. The van der Waals surface area contributed by atoms with Crippen LogP contribution in [-0.2, 0) is 19.1 Å². The Morgan fingerprint density at radius 2 is 2.05 bits per heavy atom. The van der Waals surface area contributed by atoms with E-state index in [0.717, 1.165) is 0 Å². The fourth-order valence-corrected chi connectivity index (χ4v) is 2.63. The Kier molecular flexibility index (Phi) is 3.62. The topological polar surface area (TPSA) is 79.3 Å². The number of amides is 2. The molecule has 2 amide bonds. The molecule has 0 aromatic heterocycles. The van der Waals surface area contributed by atoms with E-state index in [4.69, 9.17) is 4.74 Å². The Hall–Kier alpha value is -2.70. The molecule has 2 aliphatic heterocycles. The zero-order valence-corrected chi connectivity index (χ0v) is 12.1. The molecule has 1 fully saturated rings. The maximum Gasteiger partial charge on any atom is 0.308 e. The van der Waals surface area contributed by atoms with E-state index in [9.17, 15) is 14.4 Å². The van der Waals surface area contributed by atoms with Crippen LogP contribution in [0.1, 0.15) is 13.3 Å². The van der Waals surface area contributed by atoms with Crippen LogP contribution in [-0.4, -0.2) is 47.8 Å². The summed E-state index contributed by atoms with van der Waals surface area (Å²) in [5, 5.41) is 0. The van der Waals surface area contributed by atoms with Gasteiger partial charge in [0.2, 0.25) is 5.96 Å². The molecule has 1 aromatic rings. The Labute approximate surface area is 127 Å². The van der Waals surface area contributed by atoms with Crippen molar-refractivity contribution in [3.05, 3.63) is 30.3 Å². The summed E-state index contributed by atoms with van der Waals surface area (Å²) in [6.45, 7) is 1.92. The van der Waals surface area contributed by atoms with Crippen LogP contribution in [0.5, 0.6) is 0 Å². The van der Waals surface area contributed by atoms with Crippen LogP contribution in [0.25, 0.3) is 0 Å². The number of fused-ring (bicyclic) bond motifs is 1. The van der Waals surface area contributed by atoms with E-state index < -0.39 is 12.0 Å². The third kappa shape index (κ3) is 2.24. The highest BCUT2D eigenvalue weighted by Crippen LogP contribution is 2.29. The molecule has 2 aliphatic rings. The molecule has 0 radical (unpaired) electrons. The number of carbonyl (C=O) groups excluding carboxylic acids is 3. The minimum Gasteiger partial charge on any atom is -0.466 e. The number of carbonyl (C=O) groups is 3. The van der Waals surface area contributed by atoms with Gasteiger partial charge in [0.05, 0.1) is 18.7 Å². The maximum absolute atomic E-state index is 12.6. The van der Waals surface area contributed by atoms with Crippen LogP contribution < -0.4 is 4.90 Å². The Morgan fingerprint density at radius 1 is 1.32 bits per heavy atom. The van der Waals surface area contributed by atoms with E-state index in [0.29, 0.717) is 5.69 Å². The van der Waals surface area contributed by atoms with Crippen LogP contribution in [0.3, 0.4) is 0 Å². The molecule has 7 heteroatoms. The number of benzene rings is 1. The number of anilines is 1. The lowest BCUT2D eigenvalue weighted by Crippen LogP contribution is -2.39. The van der Waals surface area contributed by atoms with Gasteiger partial charge in [-0.3, -0.25) is 19.3 Å². The zero-order chi connectivity index (χ0) is 15.7. The summed E-state index contributed by atoms with van der Waals surface area (Å²) in [5.74, 6) is -0.840. The van der Waals surface area contributed by atoms with Crippen LogP contribution >= 0.6 is 0 Å². The number of hydrogen-bond acceptors (Lipinski definition) is 5. The fraction of sp³-hybridized carbons (Fsp3) is 0.333. The summed E-state index contributed by atoms with van der Waals surface area (Å²) in [6, 6.07) is 8.06. The van der Waals surface area contributed by atoms with E-state index in [1.165, 1.54) is 9.80 Å². The summed E-state index contributed by atoms with van der Waals surface area (Å²) in [4.78, 5) is 43.2. The second-order valence-corrected chi connectivity index (χ2v) is 4.91. The maximum atomic E-state index is 12.6. The zero-order valence-electron chi connectivity index (χ0n) is 12.1. The highest BCUT2D eigenvalue weighted by molar-refractivity contribution is 6.29. The van der Waals surface area contributed by atoms with E-state index in [-0.39, 0.29) is 37.3 Å². The first kappa shape index (κ1) is 14.2. The van der Waals surface area contributed by atoms with Gasteiger partial charge in [-0.2, -0.15) is 0 Å². The van der Waals surface area contributed by atoms with Crippen molar-refractivity contribution in [3.63, 3.8) is 0 Å². The number of hydrogen-bond donors (Lipinski definition) is 0. The molecule has 0 aliphatic carbocycles. The Morgan fingerprint density at radius 3 is 2.73 bits per heavy atom. The average Bonchev–Trinajstić information content (AvgIpc) is 3.00. The number of ether oxygens (including phenoxy) is 1. The van der Waals surface area contributed by atoms with E-state index in [2.05, 4.69) is 4.99 Å². The van der Waals surface area contributed by atoms with Crippen LogP contribution in [0.2, 0.25) is 0 Å². The summed E-state index contributed by atoms with van der Waals surface area (Å²) >= 11 is 0. The molecule has 3 rings (SSSR count). The number of rotatable bonds is 4. The van der Waals surface area contributed by atoms with Gasteiger partial charge < -0.3 is 4.74 Å². The van der Waals surface area contributed by atoms with E-state index >= 15 is 0 Å². The van der Waals surface area contributed by atoms with Gasteiger partial charge >= 0.3 is 5.97 Å². The minimum atomic E-state index is -0.881. The van der Waals surface area contributed by atoms with Crippen molar-refractivity contribution in [3.8, 4) is 0 Å². The molecular formula is C15H15N3O4. The van der Waals surface area contributed by atoms with Gasteiger partial charge in [-0.25, -0.2) is 9.89 Å². The van der Waals surface area contributed by atoms with Gasteiger partial charge in [-0.1, -0.05) is 18.2 Å². The normalized spacial score (nSPS) is 20.2. The lowest BCUT2D eigenvalue weighted by molar-refractivity contribution is -0.146. The van der Waals surface area contributed by atoms with Gasteiger partial charge in [0, 0.05) is 0 Å². The Balaban J connectivity index is 1.93. The first-order valence-electron chi connectivity index (χ1n) is 7.04. The molecule has 0 saturated carbocycles. The summed E-state index contributed by atoms with van der Waals surface area (Å²) in [5.41, 5.74) is 0.623. The summed E-state index contributed by atoms with van der Waals surface area (Å²) in [6.07, 6.45) is -0.166. The predicted molar refractivity (Wildman–Crippen MR) is 78.1 cm³/mol. The quantitative estimate of drug-likeness (QED) is 0.761. The lowest BCUT2D eigenvalue weighted by Gasteiger charge is -2.16. The van der Waals surface area contributed by atoms with Crippen molar-refractivity contribution in [2.45, 2.75) is 19.4 Å². The third-order valence-corrected chi connectivity index (χ3v) is 3.54. The van der Waals surface area contributed by atoms with Crippen LogP contribution in [0.15, 0.2) is 35.3 Å². The highest BCUT2D eigenvalue weighted by Gasteiger charge is 2.50. The van der Waals surface area contributed by atoms with E-state index in [1.807, 2.05) is 6.07 Å². The fourth-order valence-electron chi connectivity index (χ4n) is 2.63. The van der Waals surface area contributed by atoms with Crippen molar-refractivity contribution in [1.82, 2.24) is 4.90 Å². The smallest absolute Gasteiger partial charge is 0.308 e. The molecular weight excluding hydrogens is 286 g/mol. The van der Waals surface area contributed by atoms with Crippen LogP contribution in [0.4, 0.5) is 5.69 Å². The predicted octanol–water partition coefficient (Wildman–Crippen LogP) is 0.553. The average molecular weight is 301 g/mol. The summed E-state index contributed by atoms with van der Waals surface area (Å²) < 4.78 is 4.89. The van der Waals surface area contributed by atoms with Crippen LogP contribution in [0, 0.1) is 0 Å². The number of esters is 1. The number of para-hydroxylation sites is 1. The molecule has 1 unspecified atom stereocenters. The first-order chi connectivity index (χ1) is 10.6. The second-order valence-electron chi connectivity index (χ2n) is 4.91. The summed E-state index contributed by atoms with van der Waals surface area (Å²) in [7, 11) is 0. The molecule has 1 saturated heterocycles. The van der Waals surface area contributed by atoms with Gasteiger partial charge in [0.15, 0.2) is 0 Å². The molecule has 0 N–H and O–H groups in total. The first-order valence-corrected chi connectivity index (χ1v) is 7.04. The molecule has 1 atom stereocenters. The molecule has 0 bridgehead atoms. The molecule has 2 heterocycles. The van der Waals surface area contributed by atoms with Gasteiger partial charge in [-0.05, 0) is 19.1 Å². The second kappa shape index (κ2) is 5.59. The van der Waals surface area contributed by atoms with Crippen molar-refractivity contribution in [2.24, 2.45) is 4.99 Å². The van der Waals surface area contributed by atoms with Crippen molar-refractivity contribution < 1.29 is 19.1 Å².